The lowest BCUT2D eigenvalue weighted by Gasteiger charge is -2.17. The zero-order chi connectivity index (χ0) is 13.8. The first-order valence-corrected chi connectivity index (χ1v) is 6.98. The summed E-state index contributed by atoms with van der Waals surface area (Å²) in [6.07, 6.45) is 4.15. The van der Waals surface area contributed by atoms with Crippen molar-refractivity contribution < 1.29 is 0 Å². The van der Waals surface area contributed by atoms with Crippen molar-refractivity contribution in [1.82, 2.24) is 15.1 Å². The van der Waals surface area contributed by atoms with Crippen molar-refractivity contribution in [3.05, 3.63) is 52.8 Å². The van der Waals surface area contributed by atoms with Gasteiger partial charge in [-0.25, -0.2) is 0 Å². The molecule has 102 valence electrons. The van der Waals surface area contributed by atoms with E-state index in [-0.39, 0.29) is 6.04 Å². The Morgan fingerprint density at radius 2 is 2.05 bits per heavy atom. The fourth-order valence-corrected chi connectivity index (χ4v) is 2.56. The van der Waals surface area contributed by atoms with Crippen LogP contribution in [0, 0.1) is 0 Å². The van der Waals surface area contributed by atoms with E-state index < -0.39 is 0 Å². The minimum absolute atomic E-state index is 0.218. The number of benzene rings is 1. The summed E-state index contributed by atoms with van der Waals surface area (Å²) in [7, 11) is 3.99. The summed E-state index contributed by atoms with van der Waals surface area (Å²) in [6.45, 7) is 4.34. The molecule has 0 fully saturated rings. The van der Waals surface area contributed by atoms with Crippen LogP contribution in [0.3, 0.4) is 0 Å². The monoisotopic (exact) mass is 257 g/mol. The molecular weight excluding hydrogens is 234 g/mol. The van der Waals surface area contributed by atoms with Gasteiger partial charge in [-0.2, -0.15) is 5.10 Å². The lowest BCUT2D eigenvalue weighted by molar-refractivity contribution is 0.683. The van der Waals surface area contributed by atoms with Crippen LogP contribution in [-0.4, -0.2) is 16.8 Å². The molecule has 0 saturated heterocycles. The van der Waals surface area contributed by atoms with Crippen LogP contribution in [0.25, 0.3) is 0 Å². The maximum atomic E-state index is 4.54. The molecule has 3 nitrogen and oxygen atoms in total. The smallest absolute Gasteiger partial charge is 0.0673 e. The van der Waals surface area contributed by atoms with Crippen molar-refractivity contribution in [2.45, 2.75) is 32.7 Å². The zero-order valence-electron chi connectivity index (χ0n) is 12.3. The molecule has 0 aliphatic heterocycles. The molecule has 1 unspecified atom stereocenters. The summed E-state index contributed by atoms with van der Waals surface area (Å²) in [5.41, 5.74) is 5.13. The molecule has 0 saturated carbocycles. The second-order valence-electron chi connectivity index (χ2n) is 4.88. The van der Waals surface area contributed by atoms with Gasteiger partial charge in [0.25, 0.3) is 0 Å². The lowest BCUT2D eigenvalue weighted by atomic mass is 9.96. The standard InChI is InChI=1S/C16H23N3/c1-5-12-8-7-9-13(10-12)16(17-3)14-11-19(4)18-15(14)6-2/h7-11,16-17H,5-6H2,1-4H3. The Balaban J connectivity index is 2.43. The molecule has 19 heavy (non-hydrogen) atoms. The van der Waals surface area contributed by atoms with Gasteiger partial charge in [-0.15, -0.1) is 0 Å². The first-order chi connectivity index (χ1) is 9.19. The van der Waals surface area contributed by atoms with E-state index in [1.165, 1.54) is 22.4 Å². The predicted molar refractivity (Wildman–Crippen MR) is 79.3 cm³/mol. The predicted octanol–water partition coefficient (Wildman–Crippen LogP) is 2.85. The van der Waals surface area contributed by atoms with Crippen molar-refractivity contribution in [3.8, 4) is 0 Å². The Morgan fingerprint density at radius 3 is 2.68 bits per heavy atom. The summed E-state index contributed by atoms with van der Waals surface area (Å²) >= 11 is 0. The van der Waals surface area contributed by atoms with E-state index >= 15 is 0 Å². The van der Waals surface area contributed by atoms with Crippen molar-refractivity contribution in [3.63, 3.8) is 0 Å². The topological polar surface area (TPSA) is 29.9 Å². The SMILES string of the molecule is CCc1cccc(C(NC)c2cn(C)nc2CC)c1. The molecule has 0 radical (unpaired) electrons. The minimum atomic E-state index is 0.218. The van der Waals surface area contributed by atoms with Gasteiger partial charge in [0.2, 0.25) is 0 Å². The minimum Gasteiger partial charge on any atom is -0.309 e. The van der Waals surface area contributed by atoms with Gasteiger partial charge >= 0.3 is 0 Å². The molecule has 1 N–H and O–H groups in total. The summed E-state index contributed by atoms with van der Waals surface area (Å²) in [5.74, 6) is 0. The first kappa shape index (κ1) is 13.8. The van der Waals surface area contributed by atoms with E-state index in [9.17, 15) is 0 Å². The van der Waals surface area contributed by atoms with Gasteiger partial charge in [0.15, 0.2) is 0 Å². The highest BCUT2D eigenvalue weighted by Crippen LogP contribution is 2.25. The van der Waals surface area contributed by atoms with Crippen molar-refractivity contribution in [2.24, 2.45) is 7.05 Å². The van der Waals surface area contributed by atoms with Crippen LogP contribution in [0.1, 0.15) is 42.3 Å². The van der Waals surface area contributed by atoms with E-state index in [0.717, 1.165) is 12.8 Å². The average molecular weight is 257 g/mol. The lowest BCUT2D eigenvalue weighted by Crippen LogP contribution is -2.18. The van der Waals surface area contributed by atoms with Gasteiger partial charge in [0, 0.05) is 18.8 Å². The first-order valence-electron chi connectivity index (χ1n) is 6.98. The van der Waals surface area contributed by atoms with Crippen LogP contribution >= 0.6 is 0 Å². The Bertz CT molecular complexity index is 543. The quantitative estimate of drug-likeness (QED) is 0.892. The van der Waals surface area contributed by atoms with E-state index in [1.54, 1.807) is 0 Å². The van der Waals surface area contributed by atoms with Crippen LogP contribution in [0.15, 0.2) is 30.5 Å². The van der Waals surface area contributed by atoms with E-state index in [0.29, 0.717) is 0 Å². The molecule has 2 rings (SSSR count). The molecule has 1 heterocycles. The van der Waals surface area contributed by atoms with Gasteiger partial charge in [-0.05, 0) is 31.0 Å². The normalized spacial score (nSPS) is 12.6. The van der Waals surface area contributed by atoms with Gasteiger partial charge in [-0.1, -0.05) is 38.1 Å². The second kappa shape index (κ2) is 6.02. The molecule has 3 heteroatoms. The molecule has 0 spiro atoms. The van der Waals surface area contributed by atoms with Gasteiger partial charge < -0.3 is 5.32 Å². The molecule has 1 aromatic carbocycles. The number of aromatic nitrogens is 2. The number of rotatable bonds is 5. The van der Waals surface area contributed by atoms with Crippen LogP contribution in [0.4, 0.5) is 0 Å². The number of nitrogens with zero attached hydrogens (tertiary/aromatic N) is 2. The van der Waals surface area contributed by atoms with Crippen LogP contribution in [-0.2, 0) is 19.9 Å². The van der Waals surface area contributed by atoms with Crippen LogP contribution in [0.2, 0.25) is 0 Å². The number of aryl methyl sites for hydroxylation is 3. The Morgan fingerprint density at radius 1 is 1.26 bits per heavy atom. The average Bonchev–Trinajstić information content (AvgIpc) is 2.81. The number of hydrogen-bond acceptors (Lipinski definition) is 2. The summed E-state index contributed by atoms with van der Waals surface area (Å²) < 4.78 is 1.90. The largest absolute Gasteiger partial charge is 0.309 e. The highest BCUT2D eigenvalue weighted by atomic mass is 15.3. The van der Waals surface area contributed by atoms with Crippen LogP contribution < -0.4 is 5.32 Å². The molecule has 0 aliphatic carbocycles. The third-order valence-corrected chi connectivity index (χ3v) is 3.56. The van der Waals surface area contributed by atoms with Gasteiger partial charge in [0.05, 0.1) is 11.7 Å². The highest BCUT2D eigenvalue weighted by Gasteiger charge is 2.18. The van der Waals surface area contributed by atoms with Crippen molar-refractivity contribution >= 4 is 0 Å². The molecular formula is C16H23N3. The molecule has 1 aromatic heterocycles. The molecule has 0 amide bonds. The zero-order valence-corrected chi connectivity index (χ0v) is 12.3. The fraction of sp³-hybridized carbons (Fsp3) is 0.438. The van der Waals surface area contributed by atoms with Crippen molar-refractivity contribution in [1.29, 1.82) is 0 Å². The molecule has 0 bridgehead atoms. The summed E-state index contributed by atoms with van der Waals surface area (Å²) in [5, 5.41) is 7.96. The van der Waals surface area contributed by atoms with Gasteiger partial charge in [0.1, 0.15) is 0 Å². The highest BCUT2D eigenvalue weighted by molar-refractivity contribution is 5.35. The maximum absolute atomic E-state index is 4.54. The Hall–Kier alpha value is -1.61. The van der Waals surface area contributed by atoms with Crippen LogP contribution in [0.5, 0.6) is 0 Å². The number of nitrogens with one attached hydrogen (secondary N) is 1. The maximum Gasteiger partial charge on any atom is 0.0673 e. The Labute approximate surface area is 115 Å². The molecule has 0 aliphatic rings. The third-order valence-electron chi connectivity index (χ3n) is 3.56. The summed E-state index contributed by atoms with van der Waals surface area (Å²) in [6, 6.07) is 9.01. The molecule has 2 aromatic rings. The van der Waals surface area contributed by atoms with Gasteiger partial charge in [-0.3, -0.25) is 4.68 Å². The number of hydrogen-bond donors (Lipinski definition) is 1. The molecule has 1 atom stereocenters. The fourth-order valence-electron chi connectivity index (χ4n) is 2.56. The third kappa shape index (κ3) is 2.87. The summed E-state index contributed by atoms with van der Waals surface area (Å²) in [4.78, 5) is 0. The Kier molecular flexibility index (Phi) is 4.38. The van der Waals surface area contributed by atoms with E-state index in [4.69, 9.17) is 0 Å². The van der Waals surface area contributed by atoms with E-state index in [1.807, 2.05) is 18.8 Å². The van der Waals surface area contributed by atoms with E-state index in [2.05, 4.69) is 54.7 Å². The van der Waals surface area contributed by atoms with Crippen molar-refractivity contribution in [2.75, 3.05) is 7.05 Å². The second-order valence-corrected chi connectivity index (χ2v) is 4.88.